The SMILES string of the molecule is CC(C)(C)OC(=O)N(CCCN)Cc1ccc(-n2cc(I)c(N)nc2=O)cc1. The van der Waals surface area contributed by atoms with Crippen molar-refractivity contribution in [2.24, 2.45) is 5.73 Å². The first-order chi connectivity index (χ1) is 13.1. The second kappa shape index (κ2) is 9.37. The third kappa shape index (κ3) is 6.20. The summed E-state index contributed by atoms with van der Waals surface area (Å²) < 4.78 is 7.61. The Morgan fingerprint density at radius 2 is 1.93 bits per heavy atom. The highest BCUT2D eigenvalue weighted by Crippen LogP contribution is 2.16. The molecule has 28 heavy (non-hydrogen) atoms. The number of carbonyl (C=O) groups excluding carboxylic acids is 1. The Balaban J connectivity index is 2.19. The molecule has 0 saturated carbocycles. The number of nitrogens with two attached hydrogens (primary N) is 2. The second-order valence-corrected chi connectivity index (χ2v) is 8.50. The fraction of sp³-hybridized carbons (Fsp3) is 0.421. The van der Waals surface area contributed by atoms with E-state index in [0.717, 1.165) is 5.56 Å². The molecule has 1 aromatic carbocycles. The predicted octanol–water partition coefficient (Wildman–Crippen LogP) is 2.51. The Morgan fingerprint density at radius 3 is 2.50 bits per heavy atom. The number of halogens is 1. The van der Waals surface area contributed by atoms with Crippen LogP contribution in [-0.2, 0) is 11.3 Å². The van der Waals surface area contributed by atoms with Crippen molar-refractivity contribution in [3.63, 3.8) is 0 Å². The summed E-state index contributed by atoms with van der Waals surface area (Å²) in [5.74, 6) is 0.214. The minimum absolute atomic E-state index is 0.214. The van der Waals surface area contributed by atoms with Crippen LogP contribution < -0.4 is 17.2 Å². The van der Waals surface area contributed by atoms with Gasteiger partial charge in [0.25, 0.3) is 0 Å². The van der Waals surface area contributed by atoms with E-state index in [1.807, 2.05) is 55.5 Å². The normalized spacial score (nSPS) is 11.3. The molecule has 4 N–H and O–H groups in total. The Morgan fingerprint density at radius 1 is 1.29 bits per heavy atom. The Labute approximate surface area is 178 Å². The molecule has 2 aromatic rings. The fourth-order valence-electron chi connectivity index (χ4n) is 2.46. The topological polar surface area (TPSA) is 116 Å². The van der Waals surface area contributed by atoms with Crippen LogP contribution in [-0.4, -0.2) is 39.2 Å². The molecule has 0 aliphatic rings. The zero-order valence-corrected chi connectivity index (χ0v) is 18.5. The molecule has 0 aliphatic heterocycles. The van der Waals surface area contributed by atoms with Crippen LogP contribution in [0.3, 0.4) is 0 Å². The fourth-order valence-corrected chi connectivity index (χ4v) is 2.85. The van der Waals surface area contributed by atoms with Crippen molar-refractivity contribution in [1.82, 2.24) is 14.5 Å². The lowest BCUT2D eigenvalue weighted by Gasteiger charge is -2.27. The summed E-state index contributed by atoms with van der Waals surface area (Å²) in [6.45, 7) is 6.89. The highest BCUT2D eigenvalue weighted by atomic mass is 127. The standard InChI is InChI=1S/C19H26IN5O3/c1-19(2,3)28-18(27)24(10-4-9-21)11-13-5-7-14(8-6-13)25-12-15(20)16(22)23-17(25)26/h5-8,12H,4,9-11,21H2,1-3H3,(H2,22,23,26). The largest absolute Gasteiger partial charge is 0.444 e. The van der Waals surface area contributed by atoms with Gasteiger partial charge in [-0.25, -0.2) is 9.59 Å². The summed E-state index contributed by atoms with van der Waals surface area (Å²) in [6.07, 6.45) is 1.95. The van der Waals surface area contributed by atoms with Crippen molar-refractivity contribution < 1.29 is 9.53 Å². The maximum Gasteiger partial charge on any atom is 0.410 e. The predicted molar refractivity (Wildman–Crippen MR) is 117 cm³/mol. The molecule has 1 heterocycles. The molecule has 0 saturated heterocycles. The van der Waals surface area contributed by atoms with E-state index in [0.29, 0.717) is 35.3 Å². The molecular weight excluding hydrogens is 473 g/mol. The molecule has 0 spiro atoms. The van der Waals surface area contributed by atoms with E-state index in [4.69, 9.17) is 16.2 Å². The van der Waals surface area contributed by atoms with E-state index in [9.17, 15) is 9.59 Å². The maximum absolute atomic E-state index is 12.5. The summed E-state index contributed by atoms with van der Waals surface area (Å²) >= 11 is 2.03. The molecule has 152 valence electrons. The van der Waals surface area contributed by atoms with E-state index < -0.39 is 11.3 Å². The average Bonchev–Trinajstić information content (AvgIpc) is 2.61. The zero-order valence-electron chi connectivity index (χ0n) is 16.3. The van der Waals surface area contributed by atoms with Gasteiger partial charge in [-0.3, -0.25) is 4.57 Å². The smallest absolute Gasteiger partial charge is 0.410 e. The van der Waals surface area contributed by atoms with Gasteiger partial charge < -0.3 is 21.1 Å². The van der Waals surface area contributed by atoms with E-state index in [2.05, 4.69) is 4.98 Å². The van der Waals surface area contributed by atoms with Crippen LogP contribution in [0, 0.1) is 3.57 Å². The Kier molecular flexibility index (Phi) is 7.41. The van der Waals surface area contributed by atoms with Crippen LogP contribution in [0.1, 0.15) is 32.8 Å². The Bertz CT molecular complexity index is 875. The molecule has 0 unspecified atom stereocenters. The summed E-state index contributed by atoms with van der Waals surface area (Å²) in [5.41, 5.74) is 11.8. The van der Waals surface area contributed by atoms with Crippen LogP contribution in [0.4, 0.5) is 10.6 Å². The van der Waals surface area contributed by atoms with Crippen LogP contribution >= 0.6 is 22.6 Å². The first-order valence-corrected chi connectivity index (χ1v) is 10.0. The van der Waals surface area contributed by atoms with E-state index in [1.165, 1.54) is 4.57 Å². The van der Waals surface area contributed by atoms with Crippen LogP contribution in [0.25, 0.3) is 5.69 Å². The van der Waals surface area contributed by atoms with Gasteiger partial charge in [-0.1, -0.05) is 12.1 Å². The van der Waals surface area contributed by atoms with Crippen LogP contribution in [0.2, 0.25) is 0 Å². The number of carbonyl (C=O) groups is 1. The van der Waals surface area contributed by atoms with Gasteiger partial charge >= 0.3 is 11.8 Å². The molecule has 0 aliphatic carbocycles. The molecule has 8 nitrogen and oxygen atoms in total. The maximum atomic E-state index is 12.5. The van der Waals surface area contributed by atoms with Gasteiger partial charge in [-0.2, -0.15) is 4.98 Å². The van der Waals surface area contributed by atoms with Crippen molar-refractivity contribution in [2.45, 2.75) is 39.3 Å². The monoisotopic (exact) mass is 499 g/mol. The molecular formula is C19H26IN5O3. The van der Waals surface area contributed by atoms with Gasteiger partial charge in [-0.05, 0) is 74.0 Å². The molecule has 0 atom stereocenters. The van der Waals surface area contributed by atoms with E-state index in [1.54, 1.807) is 23.2 Å². The third-order valence-electron chi connectivity index (χ3n) is 3.78. The van der Waals surface area contributed by atoms with Gasteiger partial charge in [0.05, 0.1) is 9.26 Å². The quantitative estimate of drug-likeness (QED) is 0.591. The lowest BCUT2D eigenvalue weighted by atomic mass is 10.2. The summed E-state index contributed by atoms with van der Waals surface area (Å²) in [6, 6.07) is 7.34. The van der Waals surface area contributed by atoms with Crippen molar-refractivity contribution >= 4 is 34.5 Å². The number of nitrogens with zero attached hydrogens (tertiary/aromatic N) is 3. The van der Waals surface area contributed by atoms with Crippen LogP contribution in [0.15, 0.2) is 35.3 Å². The molecule has 0 fully saturated rings. The minimum Gasteiger partial charge on any atom is -0.444 e. The van der Waals surface area contributed by atoms with Crippen LogP contribution in [0.5, 0.6) is 0 Å². The molecule has 0 bridgehead atoms. The molecule has 1 aromatic heterocycles. The first kappa shape index (κ1) is 22.2. The number of amides is 1. The van der Waals surface area contributed by atoms with Crippen molar-refractivity contribution in [2.75, 3.05) is 18.8 Å². The highest BCUT2D eigenvalue weighted by Gasteiger charge is 2.22. The molecule has 2 rings (SSSR count). The third-order valence-corrected chi connectivity index (χ3v) is 4.61. The van der Waals surface area contributed by atoms with Gasteiger partial charge in [-0.15, -0.1) is 0 Å². The first-order valence-electron chi connectivity index (χ1n) is 8.92. The van der Waals surface area contributed by atoms with Gasteiger partial charge in [0, 0.05) is 19.3 Å². The molecule has 0 radical (unpaired) electrons. The van der Waals surface area contributed by atoms with Crippen molar-refractivity contribution in [3.05, 3.63) is 50.1 Å². The number of hydrogen-bond donors (Lipinski definition) is 2. The van der Waals surface area contributed by atoms with Crippen molar-refractivity contribution in [3.8, 4) is 5.69 Å². The molecule has 9 heteroatoms. The number of aromatic nitrogens is 2. The second-order valence-electron chi connectivity index (χ2n) is 7.34. The zero-order chi connectivity index (χ0) is 20.9. The van der Waals surface area contributed by atoms with Crippen molar-refractivity contribution in [1.29, 1.82) is 0 Å². The van der Waals surface area contributed by atoms with Gasteiger partial charge in [0.2, 0.25) is 0 Å². The Hall–Kier alpha value is -2.14. The number of rotatable bonds is 6. The average molecular weight is 499 g/mol. The highest BCUT2D eigenvalue weighted by molar-refractivity contribution is 14.1. The van der Waals surface area contributed by atoms with Gasteiger partial charge in [0.1, 0.15) is 11.4 Å². The summed E-state index contributed by atoms with van der Waals surface area (Å²) in [5, 5.41) is 0. The number of nitrogen functional groups attached to an aromatic ring is 1. The van der Waals surface area contributed by atoms with E-state index >= 15 is 0 Å². The number of anilines is 1. The van der Waals surface area contributed by atoms with Gasteiger partial charge in [0.15, 0.2) is 0 Å². The summed E-state index contributed by atoms with van der Waals surface area (Å²) in [7, 11) is 0. The lowest BCUT2D eigenvalue weighted by molar-refractivity contribution is 0.0232. The minimum atomic E-state index is -0.567. The summed E-state index contributed by atoms with van der Waals surface area (Å²) in [4.78, 5) is 30.0. The number of benzene rings is 1. The lowest BCUT2D eigenvalue weighted by Crippen LogP contribution is -2.37. The number of hydrogen-bond acceptors (Lipinski definition) is 6. The molecule has 1 amide bonds. The number of ether oxygens (including phenoxy) is 1. The van der Waals surface area contributed by atoms with E-state index in [-0.39, 0.29) is 11.9 Å².